The monoisotopic (exact) mass is 382 g/mol. The van der Waals surface area contributed by atoms with Crippen molar-refractivity contribution in [1.82, 2.24) is 14.9 Å². The Morgan fingerprint density at radius 2 is 2.18 bits per heavy atom. The van der Waals surface area contributed by atoms with Crippen LogP contribution in [0.15, 0.2) is 35.3 Å². The van der Waals surface area contributed by atoms with Gasteiger partial charge in [0.05, 0.1) is 6.04 Å². The number of aliphatic imine (C=N–C) groups is 1. The van der Waals surface area contributed by atoms with Gasteiger partial charge in [0, 0.05) is 37.6 Å². The number of anilines is 3. The maximum absolute atomic E-state index is 13.5. The predicted octanol–water partition coefficient (Wildman–Crippen LogP) is 2.43. The van der Waals surface area contributed by atoms with Crippen LogP contribution in [0.1, 0.15) is 12.6 Å². The van der Waals surface area contributed by atoms with Crippen molar-refractivity contribution in [3.05, 3.63) is 41.8 Å². The summed E-state index contributed by atoms with van der Waals surface area (Å²) in [6.45, 7) is 7.01. The molecule has 1 aliphatic heterocycles. The number of halogens is 1. The third-order valence-corrected chi connectivity index (χ3v) is 4.45. The summed E-state index contributed by atoms with van der Waals surface area (Å²) in [6.07, 6.45) is 1.76. The average molecular weight is 382 g/mol. The fourth-order valence-electron chi connectivity index (χ4n) is 2.93. The van der Waals surface area contributed by atoms with E-state index in [2.05, 4.69) is 37.4 Å². The predicted molar refractivity (Wildman–Crippen MR) is 108 cm³/mol. The van der Waals surface area contributed by atoms with E-state index in [9.17, 15) is 4.39 Å². The van der Waals surface area contributed by atoms with Gasteiger partial charge in [-0.3, -0.25) is 9.80 Å². The van der Waals surface area contributed by atoms with E-state index in [0.717, 1.165) is 31.1 Å². The number of likely N-dealkylation sites (N-methyl/N-ethyl adjacent to an activating group) is 1. The molecule has 0 aliphatic carbocycles. The van der Waals surface area contributed by atoms with Crippen molar-refractivity contribution in [1.29, 1.82) is 5.26 Å². The molecule has 9 heteroatoms. The van der Waals surface area contributed by atoms with Gasteiger partial charge in [-0.25, -0.2) is 9.37 Å². The highest BCUT2D eigenvalue weighted by Crippen LogP contribution is 2.18. The van der Waals surface area contributed by atoms with Gasteiger partial charge in [-0.05, 0) is 31.7 Å². The SMILES string of the molecule is CCN1CC(Nc2cc(C)nc(N(C)/C(=N\C#N)Nc3cccc(F)c3)n2)C1. The van der Waals surface area contributed by atoms with Gasteiger partial charge < -0.3 is 10.6 Å². The van der Waals surface area contributed by atoms with Crippen LogP contribution in [0.2, 0.25) is 0 Å². The third-order valence-electron chi connectivity index (χ3n) is 4.45. The second-order valence-electron chi connectivity index (χ2n) is 6.62. The van der Waals surface area contributed by atoms with E-state index in [4.69, 9.17) is 5.26 Å². The van der Waals surface area contributed by atoms with Crippen molar-refractivity contribution < 1.29 is 4.39 Å². The van der Waals surface area contributed by atoms with Gasteiger partial charge in [0.1, 0.15) is 11.6 Å². The molecule has 1 aromatic heterocycles. The number of rotatable bonds is 5. The zero-order valence-electron chi connectivity index (χ0n) is 16.1. The van der Waals surface area contributed by atoms with E-state index in [0.29, 0.717) is 17.7 Å². The van der Waals surface area contributed by atoms with E-state index in [1.165, 1.54) is 12.1 Å². The topological polar surface area (TPSA) is 92.5 Å². The minimum Gasteiger partial charge on any atom is -0.365 e. The molecule has 0 radical (unpaired) electrons. The average Bonchev–Trinajstić information content (AvgIpc) is 2.63. The van der Waals surface area contributed by atoms with Crippen molar-refractivity contribution in [2.45, 2.75) is 19.9 Å². The van der Waals surface area contributed by atoms with Gasteiger partial charge in [0.2, 0.25) is 18.1 Å². The van der Waals surface area contributed by atoms with Crippen LogP contribution in [0.3, 0.4) is 0 Å². The van der Waals surface area contributed by atoms with Gasteiger partial charge in [-0.15, -0.1) is 4.99 Å². The van der Waals surface area contributed by atoms with Crippen molar-refractivity contribution in [2.24, 2.45) is 4.99 Å². The third kappa shape index (κ3) is 4.72. The Hall–Kier alpha value is -3.25. The Morgan fingerprint density at radius 3 is 2.86 bits per heavy atom. The van der Waals surface area contributed by atoms with Crippen LogP contribution in [0.25, 0.3) is 0 Å². The fourth-order valence-corrected chi connectivity index (χ4v) is 2.93. The Labute approximate surface area is 163 Å². The zero-order chi connectivity index (χ0) is 20.1. The Morgan fingerprint density at radius 1 is 1.39 bits per heavy atom. The molecule has 0 amide bonds. The number of nitrogens with zero attached hydrogens (tertiary/aromatic N) is 6. The number of nitriles is 1. The number of aromatic nitrogens is 2. The highest BCUT2D eigenvalue weighted by Gasteiger charge is 2.25. The van der Waals surface area contributed by atoms with E-state index in [-0.39, 0.29) is 11.8 Å². The van der Waals surface area contributed by atoms with Crippen LogP contribution >= 0.6 is 0 Å². The number of aryl methyl sites for hydroxylation is 1. The summed E-state index contributed by atoms with van der Waals surface area (Å²) in [4.78, 5) is 16.7. The van der Waals surface area contributed by atoms with Crippen LogP contribution in [0.4, 0.5) is 21.8 Å². The second kappa shape index (κ2) is 8.63. The minimum absolute atomic E-state index is 0.199. The highest BCUT2D eigenvalue weighted by molar-refractivity contribution is 6.04. The molecule has 2 N–H and O–H groups in total. The lowest BCUT2D eigenvalue weighted by Gasteiger charge is -2.39. The quantitative estimate of drug-likeness (QED) is 0.466. The molecule has 1 aromatic carbocycles. The molecule has 1 saturated heterocycles. The molecule has 1 aliphatic rings. The number of likely N-dealkylation sites (tertiary alicyclic amines) is 1. The maximum Gasteiger partial charge on any atom is 0.234 e. The molecule has 0 atom stereocenters. The number of benzene rings is 1. The molecule has 146 valence electrons. The van der Waals surface area contributed by atoms with Crippen LogP contribution in [0.5, 0.6) is 0 Å². The zero-order valence-corrected chi connectivity index (χ0v) is 16.1. The summed E-state index contributed by atoms with van der Waals surface area (Å²) in [7, 11) is 1.70. The number of guanidine groups is 1. The Bertz CT molecular complexity index is 901. The van der Waals surface area contributed by atoms with Crippen LogP contribution in [0, 0.1) is 24.2 Å². The van der Waals surface area contributed by atoms with Crippen LogP contribution in [-0.4, -0.2) is 53.6 Å². The first kappa shape index (κ1) is 19.5. The lowest BCUT2D eigenvalue weighted by molar-refractivity contribution is 0.171. The van der Waals surface area contributed by atoms with Crippen molar-refractivity contribution in [3.8, 4) is 6.19 Å². The molecule has 3 rings (SSSR count). The number of hydrogen-bond acceptors (Lipinski definition) is 6. The summed E-state index contributed by atoms with van der Waals surface area (Å²) in [5, 5.41) is 15.4. The summed E-state index contributed by atoms with van der Waals surface area (Å²) in [5.74, 6) is 0.915. The summed E-state index contributed by atoms with van der Waals surface area (Å²) in [5.41, 5.74) is 1.26. The number of hydrogen-bond donors (Lipinski definition) is 2. The lowest BCUT2D eigenvalue weighted by atomic mass is 10.1. The molecule has 8 nitrogen and oxygen atoms in total. The van der Waals surface area contributed by atoms with E-state index in [1.54, 1.807) is 30.3 Å². The van der Waals surface area contributed by atoms with Crippen molar-refractivity contribution in [2.75, 3.05) is 42.2 Å². The van der Waals surface area contributed by atoms with E-state index >= 15 is 0 Å². The summed E-state index contributed by atoms with van der Waals surface area (Å²) < 4.78 is 13.5. The first-order chi connectivity index (χ1) is 13.5. The van der Waals surface area contributed by atoms with Crippen molar-refractivity contribution >= 4 is 23.4 Å². The van der Waals surface area contributed by atoms with Gasteiger partial charge >= 0.3 is 0 Å². The number of nitrogens with one attached hydrogen (secondary N) is 2. The first-order valence-corrected chi connectivity index (χ1v) is 9.06. The molecule has 2 heterocycles. The van der Waals surface area contributed by atoms with Crippen LogP contribution in [-0.2, 0) is 0 Å². The molecule has 0 unspecified atom stereocenters. The van der Waals surface area contributed by atoms with Gasteiger partial charge in [-0.1, -0.05) is 13.0 Å². The molecule has 2 aromatic rings. The van der Waals surface area contributed by atoms with E-state index < -0.39 is 0 Å². The van der Waals surface area contributed by atoms with E-state index in [1.807, 2.05) is 13.0 Å². The smallest absolute Gasteiger partial charge is 0.234 e. The molecular weight excluding hydrogens is 359 g/mol. The normalized spacial score (nSPS) is 14.9. The Kier molecular flexibility index (Phi) is 6.01. The largest absolute Gasteiger partial charge is 0.365 e. The Balaban J connectivity index is 1.78. The standard InChI is InChI=1S/C19H23FN8/c1-4-28-10-16(11-28)24-17-8-13(2)23-19(26-17)27(3)18(22-12-21)25-15-7-5-6-14(20)9-15/h5-9,16H,4,10-11H2,1-3H3,(H,22,25)(H,23,24,26). The minimum atomic E-state index is -0.385. The maximum atomic E-state index is 13.5. The fraction of sp³-hybridized carbons (Fsp3) is 0.368. The molecular formula is C19H23FN8. The molecule has 28 heavy (non-hydrogen) atoms. The van der Waals surface area contributed by atoms with Gasteiger partial charge in [0.15, 0.2) is 0 Å². The summed E-state index contributed by atoms with van der Waals surface area (Å²) >= 11 is 0. The van der Waals surface area contributed by atoms with Gasteiger partial charge in [0.25, 0.3) is 0 Å². The summed E-state index contributed by atoms with van der Waals surface area (Å²) in [6, 6.07) is 8.16. The van der Waals surface area contributed by atoms with Crippen LogP contribution < -0.4 is 15.5 Å². The van der Waals surface area contributed by atoms with Crippen molar-refractivity contribution in [3.63, 3.8) is 0 Å². The molecule has 0 spiro atoms. The lowest BCUT2D eigenvalue weighted by Crippen LogP contribution is -2.54. The first-order valence-electron chi connectivity index (χ1n) is 9.06. The highest BCUT2D eigenvalue weighted by atomic mass is 19.1. The molecule has 1 fully saturated rings. The molecule has 0 saturated carbocycles. The van der Waals surface area contributed by atoms with Gasteiger partial charge in [-0.2, -0.15) is 10.2 Å². The molecule has 0 bridgehead atoms. The second-order valence-corrected chi connectivity index (χ2v) is 6.62.